The molecule has 0 radical (unpaired) electrons. The second-order valence-electron chi connectivity index (χ2n) is 6.56. The lowest BCUT2D eigenvalue weighted by Crippen LogP contribution is -2.42. The number of thioether (sulfide) groups is 1. The van der Waals surface area contributed by atoms with Gasteiger partial charge in [-0.15, -0.1) is 11.8 Å². The fourth-order valence-electron chi connectivity index (χ4n) is 2.02. The molecule has 0 atom stereocenters. The van der Waals surface area contributed by atoms with Crippen molar-refractivity contribution in [1.29, 1.82) is 0 Å². The second-order valence-corrected chi connectivity index (χ2v) is 7.54. The summed E-state index contributed by atoms with van der Waals surface area (Å²) in [5, 5.41) is 7.35. The number of benzene rings is 1. The average molecular weight is 410 g/mol. The van der Waals surface area contributed by atoms with Gasteiger partial charge in [-0.05, 0) is 37.0 Å². The third-order valence-electron chi connectivity index (χ3n) is 3.38. The molecule has 0 unspecified atom stereocenters. The van der Waals surface area contributed by atoms with E-state index in [2.05, 4.69) is 16.0 Å². The lowest BCUT2D eigenvalue weighted by atomic mass is 10.1. The highest BCUT2D eigenvalue weighted by Gasteiger charge is 2.12. The van der Waals surface area contributed by atoms with Gasteiger partial charge in [0, 0.05) is 12.2 Å². The van der Waals surface area contributed by atoms with Crippen molar-refractivity contribution in [3.8, 4) is 0 Å². The van der Waals surface area contributed by atoms with Crippen LogP contribution in [0.15, 0.2) is 24.3 Å². The molecule has 0 bridgehead atoms. The van der Waals surface area contributed by atoms with Crippen molar-refractivity contribution >= 4 is 41.3 Å². The topological polar surface area (TPSA) is 114 Å². The normalized spacial score (nSPS) is 10.3. The molecule has 0 aliphatic carbocycles. The van der Waals surface area contributed by atoms with Crippen LogP contribution < -0.4 is 16.0 Å². The highest BCUT2D eigenvalue weighted by Crippen LogP contribution is 2.10. The molecule has 1 rings (SSSR count). The van der Waals surface area contributed by atoms with Crippen LogP contribution in [-0.4, -0.2) is 48.5 Å². The van der Waals surface area contributed by atoms with E-state index in [0.717, 1.165) is 23.7 Å². The first-order valence-electron chi connectivity index (χ1n) is 8.94. The number of imide groups is 1. The first-order chi connectivity index (χ1) is 13.3. The van der Waals surface area contributed by atoms with Crippen molar-refractivity contribution in [3.05, 3.63) is 29.8 Å². The standard InChI is InChI=1S/C19H27N3O5S/c1-13(2)7-8-20-19(26)22-16(23)10-27-18(25)12-28-11-17(24)21-15-6-4-5-14(3)9-15/h4-6,9,13H,7-8,10-12H2,1-3H3,(H,21,24)(H2,20,22,23,26). The van der Waals surface area contributed by atoms with Crippen LogP contribution >= 0.6 is 11.8 Å². The second kappa shape index (κ2) is 12.8. The van der Waals surface area contributed by atoms with E-state index in [0.29, 0.717) is 18.2 Å². The third kappa shape index (κ3) is 11.2. The predicted octanol–water partition coefficient (Wildman–Crippen LogP) is 2.08. The molecule has 0 saturated heterocycles. The highest BCUT2D eigenvalue weighted by atomic mass is 32.2. The van der Waals surface area contributed by atoms with Gasteiger partial charge in [-0.25, -0.2) is 4.79 Å². The largest absolute Gasteiger partial charge is 0.455 e. The zero-order valence-corrected chi connectivity index (χ0v) is 17.2. The Hall–Kier alpha value is -2.55. The van der Waals surface area contributed by atoms with Crippen molar-refractivity contribution in [2.45, 2.75) is 27.2 Å². The molecule has 0 saturated carbocycles. The van der Waals surface area contributed by atoms with E-state index in [-0.39, 0.29) is 17.4 Å². The van der Waals surface area contributed by atoms with Crippen LogP contribution in [0, 0.1) is 12.8 Å². The van der Waals surface area contributed by atoms with Crippen LogP contribution in [0.25, 0.3) is 0 Å². The number of amides is 4. The summed E-state index contributed by atoms with van der Waals surface area (Å²) in [6.07, 6.45) is 0.797. The zero-order valence-electron chi connectivity index (χ0n) is 16.4. The Morgan fingerprint density at radius 2 is 1.86 bits per heavy atom. The summed E-state index contributed by atoms with van der Waals surface area (Å²) in [4.78, 5) is 46.5. The van der Waals surface area contributed by atoms with E-state index >= 15 is 0 Å². The van der Waals surface area contributed by atoms with Crippen LogP contribution in [0.2, 0.25) is 0 Å². The number of anilines is 1. The van der Waals surface area contributed by atoms with Crippen LogP contribution in [0.1, 0.15) is 25.8 Å². The predicted molar refractivity (Wildman–Crippen MR) is 109 cm³/mol. The minimum Gasteiger partial charge on any atom is -0.455 e. The van der Waals surface area contributed by atoms with Gasteiger partial charge < -0.3 is 15.4 Å². The summed E-state index contributed by atoms with van der Waals surface area (Å²) in [6, 6.07) is 6.76. The Morgan fingerprint density at radius 3 is 2.54 bits per heavy atom. The summed E-state index contributed by atoms with van der Waals surface area (Å²) in [7, 11) is 0. The first kappa shape index (κ1) is 23.5. The number of ether oxygens (including phenoxy) is 1. The Balaban J connectivity index is 2.14. The van der Waals surface area contributed by atoms with E-state index in [4.69, 9.17) is 4.74 Å². The summed E-state index contributed by atoms with van der Waals surface area (Å²) in [5.41, 5.74) is 1.72. The number of rotatable bonds is 10. The molecule has 4 amide bonds. The Morgan fingerprint density at radius 1 is 1.11 bits per heavy atom. The summed E-state index contributed by atoms with van der Waals surface area (Å²) < 4.78 is 4.78. The van der Waals surface area contributed by atoms with Crippen molar-refractivity contribution < 1.29 is 23.9 Å². The molecule has 0 aliphatic rings. The molecule has 0 fully saturated rings. The van der Waals surface area contributed by atoms with Gasteiger partial charge in [0.05, 0.1) is 11.5 Å². The maximum atomic E-state index is 11.8. The fraction of sp³-hybridized carbons (Fsp3) is 0.474. The van der Waals surface area contributed by atoms with Gasteiger partial charge >= 0.3 is 12.0 Å². The molecule has 0 heterocycles. The van der Waals surface area contributed by atoms with Crippen molar-refractivity contribution in [2.24, 2.45) is 5.92 Å². The van der Waals surface area contributed by atoms with Gasteiger partial charge in [-0.3, -0.25) is 19.7 Å². The van der Waals surface area contributed by atoms with Gasteiger partial charge in [0.25, 0.3) is 5.91 Å². The Bertz CT molecular complexity index is 694. The average Bonchev–Trinajstić information content (AvgIpc) is 2.59. The molecule has 154 valence electrons. The number of esters is 1. The Labute approximate surface area is 169 Å². The number of carbonyl (C=O) groups is 4. The van der Waals surface area contributed by atoms with Crippen LogP contribution in [-0.2, 0) is 19.1 Å². The number of carbonyl (C=O) groups excluding carboxylic acids is 4. The van der Waals surface area contributed by atoms with Gasteiger partial charge in [0.2, 0.25) is 5.91 Å². The van der Waals surface area contributed by atoms with Crippen LogP contribution in [0.3, 0.4) is 0 Å². The summed E-state index contributed by atoms with van der Waals surface area (Å²) >= 11 is 1.07. The molecule has 0 spiro atoms. The lowest BCUT2D eigenvalue weighted by Gasteiger charge is -2.09. The van der Waals surface area contributed by atoms with E-state index in [1.54, 1.807) is 6.07 Å². The minimum atomic E-state index is -0.711. The third-order valence-corrected chi connectivity index (χ3v) is 4.29. The minimum absolute atomic E-state index is 0.0743. The molecule has 8 nitrogen and oxygen atoms in total. The number of hydrogen-bond donors (Lipinski definition) is 3. The summed E-state index contributed by atoms with van der Waals surface area (Å²) in [6.45, 7) is 5.87. The quantitative estimate of drug-likeness (QED) is 0.510. The van der Waals surface area contributed by atoms with E-state index in [1.165, 1.54) is 0 Å². The van der Waals surface area contributed by atoms with Crippen LogP contribution in [0.5, 0.6) is 0 Å². The molecule has 0 aliphatic heterocycles. The lowest BCUT2D eigenvalue weighted by molar-refractivity contribution is -0.145. The number of hydrogen-bond acceptors (Lipinski definition) is 6. The number of urea groups is 1. The Kier molecular flexibility index (Phi) is 10.7. The van der Waals surface area contributed by atoms with Crippen molar-refractivity contribution in [3.63, 3.8) is 0 Å². The van der Waals surface area contributed by atoms with Gasteiger partial charge in [-0.2, -0.15) is 0 Å². The summed E-state index contributed by atoms with van der Waals surface area (Å²) in [5.74, 6) is -1.14. The van der Waals surface area contributed by atoms with E-state index in [9.17, 15) is 19.2 Å². The smallest absolute Gasteiger partial charge is 0.321 e. The van der Waals surface area contributed by atoms with Crippen LogP contribution in [0.4, 0.5) is 10.5 Å². The fourth-order valence-corrected chi connectivity index (χ4v) is 2.63. The highest BCUT2D eigenvalue weighted by molar-refractivity contribution is 8.00. The zero-order chi connectivity index (χ0) is 20.9. The van der Waals surface area contributed by atoms with Gasteiger partial charge in [0.1, 0.15) is 0 Å². The molecule has 3 N–H and O–H groups in total. The van der Waals surface area contributed by atoms with Gasteiger partial charge in [0.15, 0.2) is 6.61 Å². The van der Waals surface area contributed by atoms with Gasteiger partial charge in [-0.1, -0.05) is 26.0 Å². The van der Waals surface area contributed by atoms with E-state index < -0.39 is 24.5 Å². The molecule has 9 heteroatoms. The molecule has 1 aromatic carbocycles. The van der Waals surface area contributed by atoms with E-state index in [1.807, 2.05) is 39.0 Å². The molecule has 28 heavy (non-hydrogen) atoms. The number of aryl methyl sites for hydroxylation is 1. The number of nitrogens with one attached hydrogen (secondary N) is 3. The maximum absolute atomic E-state index is 11.8. The van der Waals surface area contributed by atoms with Crippen molar-refractivity contribution in [1.82, 2.24) is 10.6 Å². The molecular formula is C19H27N3O5S. The monoisotopic (exact) mass is 409 g/mol. The first-order valence-corrected chi connectivity index (χ1v) is 10.1. The molecular weight excluding hydrogens is 382 g/mol. The van der Waals surface area contributed by atoms with Crippen molar-refractivity contribution in [2.75, 3.05) is 30.0 Å². The molecule has 1 aromatic rings. The SMILES string of the molecule is Cc1cccc(NC(=O)CSCC(=O)OCC(=O)NC(=O)NCCC(C)C)c1. The molecule has 0 aromatic heterocycles. The maximum Gasteiger partial charge on any atom is 0.321 e.